The molecule has 1 saturated heterocycles. The second kappa shape index (κ2) is 11.0. The van der Waals surface area contributed by atoms with Gasteiger partial charge in [0.25, 0.3) is 15.9 Å². The Morgan fingerprint density at radius 3 is 2.71 bits per heavy atom. The van der Waals surface area contributed by atoms with Crippen LogP contribution in [-0.2, 0) is 14.8 Å². The molecule has 0 bridgehead atoms. The molecule has 0 radical (unpaired) electrons. The lowest BCUT2D eigenvalue weighted by Crippen LogP contribution is -2.44. The predicted octanol–water partition coefficient (Wildman–Crippen LogP) is 2.40. The van der Waals surface area contributed by atoms with E-state index in [-0.39, 0.29) is 21.8 Å². The van der Waals surface area contributed by atoms with Gasteiger partial charge in [0.05, 0.1) is 12.2 Å². The van der Waals surface area contributed by atoms with Crippen LogP contribution in [0.25, 0.3) is 5.82 Å². The molecule has 13 heteroatoms. The molecule has 1 unspecified atom stereocenters. The topological polar surface area (TPSA) is 155 Å². The van der Waals surface area contributed by atoms with Crippen molar-refractivity contribution in [2.24, 2.45) is 5.92 Å². The lowest BCUT2D eigenvalue weighted by molar-refractivity contribution is 0.0981. The number of nitrogen functional groups attached to an aromatic ring is 1. The first kappa shape index (κ1) is 27.3. The molecule has 0 spiro atoms. The number of hydrogen-bond acceptors (Lipinski definition) is 10. The van der Waals surface area contributed by atoms with Gasteiger partial charge >= 0.3 is 0 Å². The van der Waals surface area contributed by atoms with Gasteiger partial charge in [0.2, 0.25) is 5.88 Å². The largest absolute Gasteiger partial charge is 0.474 e. The molecular weight excluding hydrogens is 510 g/mol. The summed E-state index contributed by atoms with van der Waals surface area (Å²) >= 11 is 0. The van der Waals surface area contributed by atoms with Crippen LogP contribution in [0.3, 0.4) is 0 Å². The number of sulfonamides is 1. The van der Waals surface area contributed by atoms with Gasteiger partial charge in [-0.1, -0.05) is 6.92 Å². The maximum absolute atomic E-state index is 13.4. The number of pyridine rings is 2. The van der Waals surface area contributed by atoms with E-state index in [1.165, 1.54) is 18.3 Å². The number of anilines is 2. The highest BCUT2D eigenvalue weighted by Crippen LogP contribution is 2.39. The maximum atomic E-state index is 13.4. The van der Waals surface area contributed by atoms with Gasteiger partial charge in [-0.25, -0.2) is 27.8 Å². The van der Waals surface area contributed by atoms with Crippen molar-refractivity contribution in [3.63, 3.8) is 0 Å². The monoisotopic (exact) mass is 543 g/mol. The first-order valence-electron chi connectivity index (χ1n) is 12.4. The molecule has 204 valence electrons. The highest BCUT2D eigenvalue weighted by atomic mass is 32.2. The summed E-state index contributed by atoms with van der Waals surface area (Å²) in [6.45, 7) is 10.3. The van der Waals surface area contributed by atoms with Crippen LogP contribution in [0.5, 0.6) is 5.88 Å². The van der Waals surface area contributed by atoms with E-state index in [4.69, 9.17) is 20.2 Å². The Bertz CT molecular complexity index is 1410. The molecule has 0 aliphatic carbocycles. The number of amides is 1. The van der Waals surface area contributed by atoms with E-state index in [1.54, 1.807) is 29.1 Å². The van der Waals surface area contributed by atoms with Gasteiger partial charge in [0, 0.05) is 37.2 Å². The van der Waals surface area contributed by atoms with E-state index in [9.17, 15) is 13.2 Å². The third-order valence-electron chi connectivity index (χ3n) is 6.85. The minimum Gasteiger partial charge on any atom is -0.474 e. The van der Waals surface area contributed by atoms with Crippen molar-refractivity contribution >= 4 is 27.6 Å². The van der Waals surface area contributed by atoms with Gasteiger partial charge in [-0.2, -0.15) is 0 Å². The number of nitrogens with one attached hydrogen (secondary N) is 1. The summed E-state index contributed by atoms with van der Waals surface area (Å²) in [6, 6.07) is 7.58. The molecule has 0 saturated carbocycles. The average Bonchev–Trinajstić information content (AvgIpc) is 3.45. The molecule has 3 aromatic rings. The zero-order valence-electron chi connectivity index (χ0n) is 21.9. The molecule has 0 aromatic carbocycles. The van der Waals surface area contributed by atoms with Crippen LogP contribution >= 0.6 is 0 Å². The fourth-order valence-corrected chi connectivity index (χ4v) is 5.33. The Morgan fingerprint density at radius 1 is 1.24 bits per heavy atom. The van der Waals surface area contributed by atoms with Gasteiger partial charge in [0.15, 0.2) is 5.82 Å². The standard InChI is InChI=1S/C25H33N7O5S/c1-5-36-15-16-37-21-11-14-32(29-21)20-9-8-18(23(28-20)31-13-10-17(2)25(31,3)4)24(33)30-38(34,35)19-7-6-12-27-22(19)26/h6-9,11-12,14,17H,5,10,13,15-16H2,1-4H3,(H2,26,27)(H,30,33). The zero-order chi connectivity index (χ0) is 27.5. The Morgan fingerprint density at radius 2 is 2.03 bits per heavy atom. The number of nitrogens with two attached hydrogens (primary N) is 1. The Hall–Kier alpha value is -3.71. The first-order valence-corrected chi connectivity index (χ1v) is 13.9. The quantitative estimate of drug-likeness (QED) is 0.364. The van der Waals surface area contributed by atoms with Gasteiger partial charge < -0.3 is 20.1 Å². The summed E-state index contributed by atoms with van der Waals surface area (Å²) < 4.78 is 40.5. The molecule has 38 heavy (non-hydrogen) atoms. The van der Waals surface area contributed by atoms with E-state index >= 15 is 0 Å². The van der Waals surface area contributed by atoms with Crippen molar-refractivity contribution in [1.29, 1.82) is 0 Å². The van der Waals surface area contributed by atoms with E-state index in [2.05, 4.69) is 35.6 Å². The summed E-state index contributed by atoms with van der Waals surface area (Å²) in [6.07, 6.45) is 3.97. The van der Waals surface area contributed by atoms with Gasteiger partial charge in [-0.05, 0) is 57.4 Å². The Kier molecular flexibility index (Phi) is 7.88. The van der Waals surface area contributed by atoms with Crippen molar-refractivity contribution in [2.75, 3.05) is 37.0 Å². The molecule has 3 aromatic heterocycles. The molecule has 3 N–H and O–H groups in total. The average molecular weight is 544 g/mol. The van der Waals surface area contributed by atoms with Crippen LogP contribution in [0.15, 0.2) is 47.6 Å². The molecule has 1 fully saturated rings. The normalized spacial score (nSPS) is 16.9. The summed E-state index contributed by atoms with van der Waals surface area (Å²) in [5.74, 6) is 0.513. The van der Waals surface area contributed by atoms with Crippen molar-refractivity contribution in [3.05, 3.63) is 48.3 Å². The summed E-state index contributed by atoms with van der Waals surface area (Å²) in [4.78, 5) is 23.7. The molecule has 12 nitrogen and oxygen atoms in total. The van der Waals surface area contributed by atoms with Gasteiger partial charge in [-0.15, -0.1) is 5.10 Å². The predicted molar refractivity (Wildman–Crippen MR) is 142 cm³/mol. The minimum absolute atomic E-state index is 0.113. The number of ether oxygens (including phenoxy) is 2. The molecule has 1 atom stereocenters. The molecule has 1 aliphatic rings. The van der Waals surface area contributed by atoms with Gasteiger partial charge in [0.1, 0.15) is 23.1 Å². The van der Waals surface area contributed by atoms with Crippen LogP contribution in [0.4, 0.5) is 11.6 Å². The first-order chi connectivity index (χ1) is 18.0. The third kappa shape index (κ3) is 5.58. The van der Waals surface area contributed by atoms with Crippen molar-refractivity contribution in [3.8, 4) is 11.7 Å². The number of nitrogens with zero attached hydrogens (tertiary/aromatic N) is 5. The number of aromatic nitrogens is 4. The van der Waals surface area contributed by atoms with Crippen molar-refractivity contribution in [2.45, 2.75) is 44.6 Å². The molecular formula is C25H33N7O5S. The lowest BCUT2D eigenvalue weighted by Gasteiger charge is -2.36. The van der Waals surface area contributed by atoms with Crippen LogP contribution in [0.2, 0.25) is 0 Å². The van der Waals surface area contributed by atoms with Crippen LogP contribution in [0, 0.1) is 5.92 Å². The molecule has 4 heterocycles. The SMILES string of the molecule is CCOCCOc1ccn(-c2ccc(C(=O)NS(=O)(=O)c3cccnc3N)c(N3CCC(C)C3(C)C)n2)n1. The highest BCUT2D eigenvalue weighted by Gasteiger charge is 2.41. The number of carbonyl (C=O) groups excluding carboxylic acids is 1. The summed E-state index contributed by atoms with van der Waals surface area (Å²) in [5.41, 5.74) is 5.53. The fourth-order valence-electron chi connectivity index (χ4n) is 4.28. The number of rotatable bonds is 10. The highest BCUT2D eigenvalue weighted by molar-refractivity contribution is 7.90. The molecule has 4 rings (SSSR count). The van der Waals surface area contributed by atoms with E-state index in [0.29, 0.717) is 49.8 Å². The number of carbonyl (C=O) groups is 1. The zero-order valence-corrected chi connectivity index (χ0v) is 22.7. The fraction of sp³-hybridized carbons (Fsp3) is 0.440. The Labute approximate surface area is 222 Å². The smallest absolute Gasteiger partial charge is 0.268 e. The van der Waals surface area contributed by atoms with E-state index in [0.717, 1.165) is 6.42 Å². The van der Waals surface area contributed by atoms with E-state index in [1.807, 2.05) is 11.8 Å². The minimum atomic E-state index is -4.27. The van der Waals surface area contributed by atoms with Crippen LogP contribution < -0.4 is 20.1 Å². The maximum Gasteiger partial charge on any atom is 0.268 e. The second-order valence-electron chi connectivity index (χ2n) is 9.50. The van der Waals surface area contributed by atoms with Crippen LogP contribution in [-0.4, -0.2) is 66.0 Å². The van der Waals surface area contributed by atoms with E-state index < -0.39 is 15.9 Å². The molecule has 1 amide bonds. The number of hydrogen-bond donors (Lipinski definition) is 2. The summed E-state index contributed by atoms with van der Waals surface area (Å²) in [5, 5.41) is 4.42. The second-order valence-corrected chi connectivity index (χ2v) is 11.2. The van der Waals surface area contributed by atoms with Gasteiger partial charge in [-0.3, -0.25) is 4.79 Å². The summed E-state index contributed by atoms with van der Waals surface area (Å²) in [7, 11) is -4.27. The Balaban J connectivity index is 1.68. The third-order valence-corrected chi connectivity index (χ3v) is 8.22. The lowest BCUT2D eigenvalue weighted by atomic mass is 9.90. The van der Waals surface area contributed by atoms with Crippen molar-refractivity contribution < 1.29 is 22.7 Å². The van der Waals surface area contributed by atoms with Crippen molar-refractivity contribution in [1.82, 2.24) is 24.5 Å². The molecule has 1 aliphatic heterocycles. The van der Waals surface area contributed by atoms with Crippen LogP contribution in [0.1, 0.15) is 44.5 Å².